The van der Waals surface area contributed by atoms with Crippen LogP contribution in [0.4, 0.5) is 0 Å². The lowest BCUT2D eigenvalue weighted by atomic mass is 9.80. The number of aliphatic imine (C=N–C) groups is 1. The van der Waals surface area contributed by atoms with Gasteiger partial charge in [-0.1, -0.05) is 24.6 Å². The van der Waals surface area contributed by atoms with Gasteiger partial charge in [0.15, 0.2) is 5.17 Å². The summed E-state index contributed by atoms with van der Waals surface area (Å²) in [5.74, 6) is 0.678. The monoisotopic (exact) mass is 297 g/mol. The molecule has 1 saturated carbocycles. The summed E-state index contributed by atoms with van der Waals surface area (Å²) >= 11 is 1.56. The average Bonchev–Trinajstić information content (AvgIpc) is 2.82. The van der Waals surface area contributed by atoms with Crippen molar-refractivity contribution < 1.29 is 9.53 Å². The maximum Gasteiger partial charge on any atom is 0.233 e. The maximum atomic E-state index is 12.1. The van der Waals surface area contributed by atoms with Gasteiger partial charge in [-0.15, -0.1) is 0 Å². The van der Waals surface area contributed by atoms with Crippen LogP contribution >= 0.6 is 11.8 Å². The molecule has 0 radical (unpaired) electrons. The van der Waals surface area contributed by atoms with Crippen LogP contribution in [0.15, 0.2) is 4.99 Å². The van der Waals surface area contributed by atoms with Crippen molar-refractivity contribution in [2.24, 2.45) is 4.99 Å². The second-order valence-corrected chi connectivity index (χ2v) is 6.98. The Balaban J connectivity index is 1.50. The number of hydrogen-bond donors (Lipinski definition) is 1. The van der Waals surface area contributed by atoms with Gasteiger partial charge in [0.05, 0.1) is 30.5 Å². The van der Waals surface area contributed by atoms with Crippen LogP contribution in [-0.2, 0) is 9.53 Å². The van der Waals surface area contributed by atoms with Crippen LogP contribution in [-0.4, -0.2) is 59.6 Å². The molecule has 0 bridgehead atoms. The summed E-state index contributed by atoms with van der Waals surface area (Å²) in [7, 11) is 0. The number of morpholine rings is 1. The Morgan fingerprint density at radius 2 is 2.30 bits per heavy atom. The van der Waals surface area contributed by atoms with Crippen molar-refractivity contribution in [3.05, 3.63) is 0 Å². The molecule has 6 heteroatoms. The number of fused-ring (bicyclic) bond motifs is 1. The first-order valence-electron chi connectivity index (χ1n) is 7.52. The molecule has 0 aromatic heterocycles. The van der Waals surface area contributed by atoms with E-state index in [1.54, 1.807) is 11.8 Å². The lowest BCUT2D eigenvalue weighted by Crippen LogP contribution is -2.49. The number of nitrogens with zero attached hydrogens (tertiary/aromatic N) is 2. The molecular formula is C14H23N3O2S. The minimum absolute atomic E-state index is 0.128. The number of amides is 1. The highest BCUT2D eigenvalue weighted by atomic mass is 32.2. The van der Waals surface area contributed by atoms with Crippen molar-refractivity contribution in [2.45, 2.75) is 44.2 Å². The molecule has 2 heterocycles. The SMILES string of the molecule is C[C@@]12CCCCC1N=C(SCC(=O)N1CCOCC1)N2. The number of carbonyl (C=O) groups is 1. The van der Waals surface area contributed by atoms with Crippen molar-refractivity contribution in [3.8, 4) is 0 Å². The van der Waals surface area contributed by atoms with Crippen LogP contribution in [0, 0.1) is 0 Å². The minimum atomic E-state index is 0.128. The molecule has 1 aliphatic carbocycles. The van der Waals surface area contributed by atoms with Crippen LogP contribution < -0.4 is 5.32 Å². The van der Waals surface area contributed by atoms with Crippen molar-refractivity contribution >= 4 is 22.8 Å². The molecule has 0 aromatic rings. The van der Waals surface area contributed by atoms with Gasteiger partial charge in [-0.05, 0) is 19.8 Å². The summed E-state index contributed by atoms with van der Waals surface area (Å²) in [5, 5.41) is 4.50. The fourth-order valence-corrected chi connectivity index (χ4v) is 4.14. The van der Waals surface area contributed by atoms with Crippen molar-refractivity contribution in [2.75, 3.05) is 32.1 Å². The van der Waals surface area contributed by atoms with Gasteiger partial charge >= 0.3 is 0 Å². The Labute approximate surface area is 124 Å². The molecular weight excluding hydrogens is 274 g/mol. The molecule has 112 valence electrons. The van der Waals surface area contributed by atoms with Gasteiger partial charge in [0, 0.05) is 13.1 Å². The number of rotatable bonds is 2. The third-order valence-electron chi connectivity index (χ3n) is 4.52. The lowest BCUT2D eigenvalue weighted by Gasteiger charge is -2.34. The molecule has 0 spiro atoms. The third-order valence-corrected chi connectivity index (χ3v) is 5.39. The van der Waals surface area contributed by atoms with E-state index in [2.05, 4.69) is 12.2 Å². The molecule has 2 atom stereocenters. The quantitative estimate of drug-likeness (QED) is 0.833. The van der Waals surface area contributed by atoms with E-state index in [1.807, 2.05) is 4.90 Å². The average molecular weight is 297 g/mol. The predicted octanol–water partition coefficient (Wildman–Crippen LogP) is 1.24. The van der Waals surface area contributed by atoms with Gasteiger partial charge in [0.2, 0.25) is 5.91 Å². The Morgan fingerprint density at radius 1 is 1.50 bits per heavy atom. The van der Waals surface area contributed by atoms with Crippen molar-refractivity contribution in [1.82, 2.24) is 10.2 Å². The first-order valence-corrected chi connectivity index (χ1v) is 8.50. The summed E-state index contributed by atoms with van der Waals surface area (Å²) < 4.78 is 5.27. The van der Waals surface area contributed by atoms with Crippen LogP contribution in [0.1, 0.15) is 32.6 Å². The van der Waals surface area contributed by atoms with Crippen molar-refractivity contribution in [3.63, 3.8) is 0 Å². The lowest BCUT2D eigenvalue weighted by molar-refractivity contribution is -0.132. The number of carbonyl (C=O) groups excluding carboxylic acids is 1. The van der Waals surface area contributed by atoms with E-state index in [4.69, 9.17) is 9.73 Å². The molecule has 2 fully saturated rings. The summed E-state index contributed by atoms with van der Waals surface area (Å²) in [5.41, 5.74) is 0.128. The zero-order valence-corrected chi connectivity index (χ0v) is 12.9. The van der Waals surface area contributed by atoms with E-state index in [0.717, 1.165) is 18.3 Å². The van der Waals surface area contributed by atoms with Gasteiger partial charge in [0.25, 0.3) is 0 Å². The summed E-state index contributed by atoms with van der Waals surface area (Å²) in [6.07, 6.45) is 4.91. The van der Waals surface area contributed by atoms with Gasteiger partial charge in [-0.2, -0.15) is 0 Å². The van der Waals surface area contributed by atoms with E-state index in [9.17, 15) is 4.79 Å². The number of ether oxygens (including phenoxy) is 1. The molecule has 3 aliphatic rings. The zero-order valence-electron chi connectivity index (χ0n) is 12.1. The predicted molar refractivity (Wildman–Crippen MR) is 81.1 cm³/mol. The molecule has 20 heavy (non-hydrogen) atoms. The summed E-state index contributed by atoms with van der Waals surface area (Å²) in [4.78, 5) is 18.8. The largest absolute Gasteiger partial charge is 0.378 e. The molecule has 1 saturated heterocycles. The van der Waals surface area contributed by atoms with E-state index in [0.29, 0.717) is 25.0 Å². The molecule has 1 unspecified atom stereocenters. The smallest absolute Gasteiger partial charge is 0.233 e. The highest BCUT2D eigenvalue weighted by Crippen LogP contribution is 2.35. The van der Waals surface area contributed by atoms with E-state index >= 15 is 0 Å². The van der Waals surface area contributed by atoms with Gasteiger partial charge in [-0.3, -0.25) is 9.79 Å². The van der Waals surface area contributed by atoms with Crippen LogP contribution in [0.2, 0.25) is 0 Å². The zero-order chi connectivity index (χ0) is 14.0. The standard InChI is InChI=1S/C14H23N3O2S/c1-14-5-3-2-4-11(14)15-13(16-14)20-10-12(18)17-6-8-19-9-7-17/h11H,2-10H2,1H3,(H,15,16)/t11?,14-/m1/s1. The Kier molecular flexibility index (Phi) is 4.21. The van der Waals surface area contributed by atoms with Crippen LogP contribution in [0.5, 0.6) is 0 Å². The van der Waals surface area contributed by atoms with Crippen LogP contribution in [0.25, 0.3) is 0 Å². The van der Waals surface area contributed by atoms with E-state index in [1.165, 1.54) is 25.7 Å². The number of nitrogens with one attached hydrogen (secondary N) is 1. The van der Waals surface area contributed by atoms with E-state index < -0.39 is 0 Å². The highest BCUT2D eigenvalue weighted by molar-refractivity contribution is 8.14. The topological polar surface area (TPSA) is 53.9 Å². The normalized spacial score (nSPS) is 33.4. The first kappa shape index (κ1) is 14.2. The molecule has 3 rings (SSSR count). The first-order chi connectivity index (χ1) is 9.67. The second-order valence-electron chi connectivity index (χ2n) is 6.02. The Morgan fingerprint density at radius 3 is 3.05 bits per heavy atom. The highest BCUT2D eigenvalue weighted by Gasteiger charge is 2.41. The van der Waals surface area contributed by atoms with Crippen LogP contribution in [0.3, 0.4) is 0 Å². The Bertz CT molecular complexity index is 409. The Hall–Kier alpha value is -0.750. The van der Waals surface area contributed by atoms with E-state index in [-0.39, 0.29) is 11.4 Å². The number of hydrogen-bond acceptors (Lipinski definition) is 5. The van der Waals surface area contributed by atoms with Crippen molar-refractivity contribution in [1.29, 1.82) is 0 Å². The fraction of sp³-hybridized carbons (Fsp3) is 0.857. The fourth-order valence-electron chi connectivity index (χ4n) is 3.19. The second kappa shape index (κ2) is 5.93. The molecule has 1 amide bonds. The number of thioether (sulfide) groups is 1. The van der Waals surface area contributed by atoms with Gasteiger partial charge < -0.3 is 15.0 Å². The number of amidine groups is 1. The summed E-state index contributed by atoms with van der Waals surface area (Å²) in [6.45, 7) is 5.03. The molecule has 5 nitrogen and oxygen atoms in total. The third kappa shape index (κ3) is 2.96. The van der Waals surface area contributed by atoms with Gasteiger partial charge in [-0.25, -0.2) is 0 Å². The maximum absolute atomic E-state index is 12.1. The molecule has 0 aromatic carbocycles. The minimum Gasteiger partial charge on any atom is -0.378 e. The molecule has 1 N–H and O–H groups in total. The summed E-state index contributed by atoms with van der Waals surface area (Å²) in [6, 6.07) is 0.400. The van der Waals surface area contributed by atoms with Gasteiger partial charge in [0.1, 0.15) is 0 Å². The molecule has 2 aliphatic heterocycles.